The van der Waals surface area contributed by atoms with Gasteiger partial charge < -0.3 is 10.2 Å². The average Bonchev–Trinajstić information content (AvgIpc) is 2.57. The Bertz CT molecular complexity index is 761. The lowest BCUT2D eigenvalue weighted by Crippen LogP contribution is -2.40. The smallest absolute Gasteiger partial charge is 0.240 e. The van der Waals surface area contributed by atoms with Crippen molar-refractivity contribution in [2.45, 2.75) is 20.3 Å². The van der Waals surface area contributed by atoms with Crippen LogP contribution in [0, 0.1) is 6.92 Å². The summed E-state index contributed by atoms with van der Waals surface area (Å²) in [5.74, 6) is -0.436. The largest absolute Gasteiger partial charge is 0.354 e. The van der Waals surface area contributed by atoms with Gasteiger partial charge in [-0.05, 0) is 48.7 Å². The number of rotatable bonds is 6. The molecular formula is C19H20Cl2N2O2. The predicted octanol–water partition coefficient (Wildman–Crippen LogP) is 4.01. The van der Waals surface area contributed by atoms with Crippen molar-refractivity contribution < 1.29 is 9.59 Å². The van der Waals surface area contributed by atoms with Crippen molar-refractivity contribution in [2.24, 2.45) is 0 Å². The summed E-state index contributed by atoms with van der Waals surface area (Å²) in [6, 6.07) is 12.8. The Balaban J connectivity index is 1.92. The summed E-state index contributed by atoms with van der Waals surface area (Å²) in [7, 11) is 0. The van der Waals surface area contributed by atoms with E-state index in [1.807, 2.05) is 37.3 Å². The Kier molecular flexibility index (Phi) is 6.85. The molecule has 0 aliphatic heterocycles. The minimum atomic E-state index is -0.221. The number of hydrogen-bond donors (Lipinski definition) is 1. The number of benzene rings is 2. The van der Waals surface area contributed by atoms with Crippen molar-refractivity contribution >= 4 is 40.7 Å². The van der Waals surface area contributed by atoms with E-state index in [0.717, 1.165) is 11.1 Å². The number of anilines is 1. The van der Waals surface area contributed by atoms with Gasteiger partial charge in [0, 0.05) is 29.2 Å². The molecule has 1 N–H and O–H groups in total. The summed E-state index contributed by atoms with van der Waals surface area (Å²) in [4.78, 5) is 25.5. The summed E-state index contributed by atoms with van der Waals surface area (Å²) < 4.78 is 0. The van der Waals surface area contributed by atoms with Crippen LogP contribution < -0.4 is 10.2 Å². The first kappa shape index (κ1) is 19.3. The van der Waals surface area contributed by atoms with Crippen molar-refractivity contribution in [1.82, 2.24) is 5.32 Å². The minimum absolute atomic E-state index is 0.0463. The molecule has 0 saturated carbocycles. The fourth-order valence-corrected chi connectivity index (χ4v) is 2.63. The Hall–Kier alpha value is -2.04. The van der Waals surface area contributed by atoms with Gasteiger partial charge >= 0.3 is 0 Å². The quantitative estimate of drug-likeness (QED) is 0.825. The molecule has 0 aromatic heterocycles. The Labute approximate surface area is 157 Å². The van der Waals surface area contributed by atoms with Gasteiger partial charge in [0.25, 0.3) is 0 Å². The van der Waals surface area contributed by atoms with Crippen molar-refractivity contribution in [3.05, 3.63) is 63.6 Å². The minimum Gasteiger partial charge on any atom is -0.354 e. The van der Waals surface area contributed by atoms with Crippen LogP contribution in [0.4, 0.5) is 5.69 Å². The normalized spacial score (nSPS) is 10.4. The van der Waals surface area contributed by atoms with E-state index in [0.29, 0.717) is 28.7 Å². The zero-order valence-electron chi connectivity index (χ0n) is 14.2. The van der Waals surface area contributed by atoms with E-state index in [4.69, 9.17) is 23.2 Å². The van der Waals surface area contributed by atoms with E-state index in [1.165, 1.54) is 11.8 Å². The van der Waals surface area contributed by atoms with E-state index in [-0.39, 0.29) is 18.4 Å². The molecule has 2 aromatic rings. The van der Waals surface area contributed by atoms with Gasteiger partial charge in [0.2, 0.25) is 11.8 Å². The molecule has 0 heterocycles. The van der Waals surface area contributed by atoms with E-state index < -0.39 is 0 Å². The molecule has 0 atom stereocenters. The molecule has 0 radical (unpaired) electrons. The highest BCUT2D eigenvalue weighted by atomic mass is 35.5. The molecule has 6 heteroatoms. The summed E-state index contributed by atoms with van der Waals surface area (Å²) in [5.41, 5.74) is 2.61. The number of nitrogens with one attached hydrogen (secondary N) is 1. The highest BCUT2D eigenvalue weighted by molar-refractivity contribution is 6.31. The molecule has 0 spiro atoms. The van der Waals surface area contributed by atoms with Crippen molar-refractivity contribution in [2.75, 3.05) is 18.0 Å². The van der Waals surface area contributed by atoms with Gasteiger partial charge in [-0.1, -0.05) is 41.4 Å². The Morgan fingerprint density at radius 3 is 2.36 bits per heavy atom. The number of carbonyl (C=O) groups is 2. The highest BCUT2D eigenvalue weighted by Crippen LogP contribution is 2.23. The van der Waals surface area contributed by atoms with Crippen LogP contribution in [0.3, 0.4) is 0 Å². The maximum Gasteiger partial charge on any atom is 0.240 e. The lowest BCUT2D eigenvalue weighted by Gasteiger charge is -2.21. The first-order chi connectivity index (χ1) is 11.9. The van der Waals surface area contributed by atoms with Crippen LogP contribution in [0.15, 0.2) is 42.5 Å². The number of nitrogens with zero attached hydrogens (tertiary/aromatic N) is 1. The molecule has 0 aliphatic rings. The summed E-state index contributed by atoms with van der Waals surface area (Å²) in [5, 5.41) is 4.07. The Morgan fingerprint density at radius 1 is 1.08 bits per heavy atom. The van der Waals surface area contributed by atoms with Gasteiger partial charge in [0.05, 0.1) is 0 Å². The van der Waals surface area contributed by atoms with Gasteiger partial charge in [0.15, 0.2) is 0 Å². The zero-order chi connectivity index (χ0) is 18.4. The fraction of sp³-hybridized carbons (Fsp3) is 0.263. The van der Waals surface area contributed by atoms with E-state index in [9.17, 15) is 9.59 Å². The third kappa shape index (κ3) is 5.76. The van der Waals surface area contributed by atoms with E-state index in [2.05, 4.69) is 5.32 Å². The molecule has 2 rings (SSSR count). The molecule has 0 aliphatic carbocycles. The Morgan fingerprint density at radius 2 is 1.76 bits per heavy atom. The molecule has 4 nitrogen and oxygen atoms in total. The standard InChI is InChI=1S/C19H20Cl2N2O2/c1-13-3-8-17(11-18(13)21)23(14(2)24)12-19(25)22-10-9-15-4-6-16(20)7-5-15/h3-8,11H,9-10,12H2,1-2H3,(H,22,25). The first-order valence-corrected chi connectivity index (χ1v) is 8.68. The van der Waals surface area contributed by atoms with Crippen LogP contribution in [0.1, 0.15) is 18.1 Å². The second kappa shape index (κ2) is 8.88. The average molecular weight is 379 g/mol. The number of halogens is 2. The summed E-state index contributed by atoms with van der Waals surface area (Å²) in [6.07, 6.45) is 0.694. The van der Waals surface area contributed by atoms with Crippen LogP contribution in [0.25, 0.3) is 0 Å². The van der Waals surface area contributed by atoms with Gasteiger partial charge in [-0.15, -0.1) is 0 Å². The predicted molar refractivity (Wildman–Crippen MR) is 102 cm³/mol. The van der Waals surface area contributed by atoms with Crippen molar-refractivity contribution in [3.63, 3.8) is 0 Å². The first-order valence-electron chi connectivity index (χ1n) is 7.92. The van der Waals surface area contributed by atoms with Crippen LogP contribution in [-0.4, -0.2) is 24.9 Å². The zero-order valence-corrected chi connectivity index (χ0v) is 15.7. The molecule has 2 aromatic carbocycles. The molecule has 0 unspecified atom stereocenters. The molecular weight excluding hydrogens is 359 g/mol. The maximum absolute atomic E-state index is 12.2. The van der Waals surface area contributed by atoms with Crippen LogP contribution in [0.2, 0.25) is 10.0 Å². The van der Waals surface area contributed by atoms with Crippen LogP contribution in [-0.2, 0) is 16.0 Å². The third-order valence-corrected chi connectivity index (χ3v) is 4.46. The summed E-state index contributed by atoms with van der Waals surface area (Å²) in [6.45, 7) is 3.75. The lowest BCUT2D eigenvalue weighted by molar-refractivity contribution is -0.123. The van der Waals surface area contributed by atoms with Gasteiger partial charge in [-0.25, -0.2) is 0 Å². The van der Waals surface area contributed by atoms with Crippen molar-refractivity contribution in [3.8, 4) is 0 Å². The summed E-state index contributed by atoms with van der Waals surface area (Å²) >= 11 is 12.0. The van der Waals surface area contributed by atoms with Gasteiger partial charge in [-0.2, -0.15) is 0 Å². The molecule has 0 bridgehead atoms. The number of amides is 2. The molecule has 132 valence electrons. The highest BCUT2D eigenvalue weighted by Gasteiger charge is 2.16. The number of aryl methyl sites for hydroxylation is 1. The monoisotopic (exact) mass is 378 g/mol. The maximum atomic E-state index is 12.2. The number of hydrogen-bond acceptors (Lipinski definition) is 2. The molecule has 25 heavy (non-hydrogen) atoms. The third-order valence-electron chi connectivity index (χ3n) is 3.80. The fourth-order valence-electron chi connectivity index (χ4n) is 2.33. The van der Waals surface area contributed by atoms with E-state index >= 15 is 0 Å². The topological polar surface area (TPSA) is 49.4 Å². The second-order valence-corrected chi connectivity index (χ2v) is 6.61. The molecule has 0 fully saturated rings. The van der Waals surface area contributed by atoms with Crippen LogP contribution >= 0.6 is 23.2 Å². The van der Waals surface area contributed by atoms with Crippen LogP contribution in [0.5, 0.6) is 0 Å². The number of carbonyl (C=O) groups excluding carboxylic acids is 2. The molecule has 0 saturated heterocycles. The second-order valence-electron chi connectivity index (χ2n) is 5.77. The van der Waals surface area contributed by atoms with E-state index in [1.54, 1.807) is 12.1 Å². The van der Waals surface area contributed by atoms with Crippen molar-refractivity contribution in [1.29, 1.82) is 0 Å². The SMILES string of the molecule is CC(=O)N(CC(=O)NCCc1ccc(Cl)cc1)c1ccc(C)c(Cl)c1. The van der Waals surface area contributed by atoms with Gasteiger partial charge in [0.1, 0.15) is 6.54 Å². The molecule has 2 amide bonds. The van der Waals surface area contributed by atoms with Gasteiger partial charge in [-0.3, -0.25) is 9.59 Å². The lowest BCUT2D eigenvalue weighted by atomic mass is 10.1.